The first kappa shape index (κ1) is 15.2. The minimum Gasteiger partial charge on any atom is -0.378 e. The number of ether oxygens (including phenoxy) is 1. The average Bonchev–Trinajstić information content (AvgIpc) is 2.56. The van der Waals surface area contributed by atoms with E-state index in [1.165, 1.54) is 24.5 Å². The fourth-order valence-electron chi connectivity index (χ4n) is 2.23. The maximum Gasteiger partial charge on any atom is 0.324 e. The largest absolute Gasteiger partial charge is 0.378 e. The molecule has 8 heteroatoms. The van der Waals surface area contributed by atoms with Crippen molar-refractivity contribution in [2.24, 2.45) is 0 Å². The number of carbonyl (C=O) groups is 1. The van der Waals surface area contributed by atoms with Crippen molar-refractivity contribution in [3.63, 3.8) is 0 Å². The fraction of sp³-hybridized carbons (Fsp3) is 0.267. The molecule has 0 aliphatic carbocycles. The summed E-state index contributed by atoms with van der Waals surface area (Å²) >= 11 is 0. The monoisotopic (exact) mass is 317 g/mol. The molecule has 1 saturated heterocycles. The number of halogens is 1. The van der Waals surface area contributed by atoms with Crippen molar-refractivity contribution in [2.75, 3.05) is 41.8 Å². The van der Waals surface area contributed by atoms with Crippen LogP contribution in [0.25, 0.3) is 0 Å². The molecule has 0 saturated carbocycles. The maximum atomic E-state index is 13.1. The zero-order valence-corrected chi connectivity index (χ0v) is 12.3. The molecule has 2 aromatic rings. The lowest BCUT2D eigenvalue weighted by molar-refractivity contribution is 0.122. The minimum absolute atomic E-state index is 0.366. The second kappa shape index (κ2) is 7.01. The van der Waals surface area contributed by atoms with E-state index in [0.29, 0.717) is 24.7 Å². The predicted molar refractivity (Wildman–Crippen MR) is 84.1 cm³/mol. The smallest absolute Gasteiger partial charge is 0.324 e. The van der Waals surface area contributed by atoms with Crippen molar-refractivity contribution in [1.29, 1.82) is 0 Å². The molecule has 120 valence electrons. The molecule has 1 aromatic heterocycles. The Morgan fingerprint density at radius 1 is 1.17 bits per heavy atom. The Bertz CT molecular complexity index is 691. The third kappa shape index (κ3) is 4.13. The van der Waals surface area contributed by atoms with Crippen molar-refractivity contribution in [2.45, 2.75) is 0 Å². The lowest BCUT2D eigenvalue weighted by Gasteiger charge is -2.27. The van der Waals surface area contributed by atoms with Crippen LogP contribution < -0.4 is 15.5 Å². The SMILES string of the molecule is O=C(Nc1cccc(F)c1)Nc1cc(N2CCOCC2)ncn1. The Kier molecular flexibility index (Phi) is 4.62. The number of nitrogens with one attached hydrogen (secondary N) is 2. The number of urea groups is 1. The molecule has 1 aliphatic heterocycles. The number of morpholine rings is 1. The number of hydrogen-bond acceptors (Lipinski definition) is 5. The van der Waals surface area contributed by atoms with Crippen LogP contribution in [-0.4, -0.2) is 42.3 Å². The highest BCUT2D eigenvalue weighted by atomic mass is 19.1. The van der Waals surface area contributed by atoms with E-state index in [1.54, 1.807) is 12.1 Å². The summed E-state index contributed by atoms with van der Waals surface area (Å²) in [6.45, 7) is 2.78. The molecule has 1 aliphatic rings. The van der Waals surface area contributed by atoms with Crippen LogP contribution in [0.1, 0.15) is 0 Å². The van der Waals surface area contributed by atoms with Crippen molar-refractivity contribution < 1.29 is 13.9 Å². The third-order valence-corrected chi connectivity index (χ3v) is 3.31. The van der Waals surface area contributed by atoms with Crippen LogP contribution in [0.3, 0.4) is 0 Å². The van der Waals surface area contributed by atoms with Crippen LogP contribution >= 0.6 is 0 Å². The number of rotatable bonds is 3. The van der Waals surface area contributed by atoms with Crippen LogP contribution in [0.5, 0.6) is 0 Å². The van der Waals surface area contributed by atoms with Gasteiger partial charge in [0, 0.05) is 24.8 Å². The van der Waals surface area contributed by atoms with Gasteiger partial charge in [0.2, 0.25) is 0 Å². The first-order valence-corrected chi connectivity index (χ1v) is 7.19. The van der Waals surface area contributed by atoms with Gasteiger partial charge in [0.25, 0.3) is 0 Å². The van der Waals surface area contributed by atoms with Gasteiger partial charge in [-0.1, -0.05) is 6.07 Å². The van der Waals surface area contributed by atoms with E-state index in [2.05, 4.69) is 25.5 Å². The summed E-state index contributed by atoms with van der Waals surface area (Å²) in [6, 6.07) is 6.85. The molecule has 1 fully saturated rings. The van der Waals surface area contributed by atoms with E-state index in [9.17, 15) is 9.18 Å². The highest BCUT2D eigenvalue weighted by Crippen LogP contribution is 2.16. The van der Waals surface area contributed by atoms with Crippen molar-refractivity contribution in [3.8, 4) is 0 Å². The zero-order chi connectivity index (χ0) is 16.1. The van der Waals surface area contributed by atoms with Crippen LogP contribution in [0.2, 0.25) is 0 Å². The molecule has 0 spiro atoms. The Labute approximate surface area is 132 Å². The second-order valence-electron chi connectivity index (χ2n) is 4.95. The molecule has 2 heterocycles. The van der Waals surface area contributed by atoms with Crippen LogP contribution in [0, 0.1) is 5.82 Å². The number of nitrogens with zero attached hydrogens (tertiary/aromatic N) is 3. The molecular weight excluding hydrogens is 301 g/mol. The summed E-state index contributed by atoms with van der Waals surface area (Å²) in [5.74, 6) is 0.680. The van der Waals surface area contributed by atoms with E-state index in [0.717, 1.165) is 18.9 Å². The highest BCUT2D eigenvalue weighted by Gasteiger charge is 2.13. The van der Waals surface area contributed by atoms with Gasteiger partial charge in [0.05, 0.1) is 13.2 Å². The first-order chi connectivity index (χ1) is 11.2. The van der Waals surface area contributed by atoms with Crippen LogP contribution in [0.4, 0.5) is 26.5 Å². The van der Waals surface area contributed by atoms with Gasteiger partial charge < -0.3 is 15.0 Å². The Balaban J connectivity index is 1.64. The number of amides is 2. The van der Waals surface area contributed by atoms with Gasteiger partial charge in [0.15, 0.2) is 0 Å². The standard InChI is InChI=1S/C15H16FN5O2/c16-11-2-1-3-12(8-11)19-15(22)20-13-9-14(18-10-17-13)21-4-6-23-7-5-21/h1-3,8-10H,4-7H2,(H2,17,18,19,20,22). The predicted octanol–water partition coefficient (Wildman–Crippen LogP) is 2.10. The van der Waals surface area contributed by atoms with Crippen LogP contribution in [-0.2, 0) is 4.74 Å². The highest BCUT2D eigenvalue weighted by molar-refractivity contribution is 5.99. The summed E-state index contributed by atoms with van der Waals surface area (Å²) in [7, 11) is 0. The minimum atomic E-state index is -0.498. The summed E-state index contributed by atoms with van der Waals surface area (Å²) in [4.78, 5) is 22.2. The van der Waals surface area contributed by atoms with Crippen LogP contribution in [0.15, 0.2) is 36.7 Å². The number of benzene rings is 1. The Morgan fingerprint density at radius 3 is 2.78 bits per heavy atom. The normalized spacial score (nSPS) is 14.4. The molecule has 0 bridgehead atoms. The fourth-order valence-corrected chi connectivity index (χ4v) is 2.23. The maximum absolute atomic E-state index is 13.1. The number of carbonyl (C=O) groups excluding carboxylic acids is 1. The van der Waals surface area contributed by atoms with Gasteiger partial charge in [-0.3, -0.25) is 5.32 Å². The lowest BCUT2D eigenvalue weighted by Crippen LogP contribution is -2.36. The topological polar surface area (TPSA) is 79.4 Å². The van der Waals surface area contributed by atoms with Gasteiger partial charge in [-0.25, -0.2) is 19.2 Å². The molecule has 7 nitrogen and oxygen atoms in total. The summed E-state index contributed by atoms with van der Waals surface area (Å²) < 4.78 is 18.4. The average molecular weight is 317 g/mol. The lowest BCUT2D eigenvalue weighted by atomic mass is 10.3. The quantitative estimate of drug-likeness (QED) is 0.906. The van der Waals surface area contributed by atoms with Gasteiger partial charge in [-0.05, 0) is 18.2 Å². The van der Waals surface area contributed by atoms with Gasteiger partial charge >= 0.3 is 6.03 Å². The Morgan fingerprint density at radius 2 is 2.00 bits per heavy atom. The Hall–Kier alpha value is -2.74. The third-order valence-electron chi connectivity index (χ3n) is 3.31. The van der Waals surface area contributed by atoms with Gasteiger partial charge in [0.1, 0.15) is 23.8 Å². The van der Waals surface area contributed by atoms with E-state index in [-0.39, 0.29) is 0 Å². The first-order valence-electron chi connectivity index (χ1n) is 7.19. The molecular formula is C15H16FN5O2. The summed E-state index contributed by atoms with van der Waals surface area (Å²) in [5.41, 5.74) is 0.366. The van der Waals surface area contributed by atoms with E-state index >= 15 is 0 Å². The number of hydrogen-bond donors (Lipinski definition) is 2. The second-order valence-corrected chi connectivity index (χ2v) is 4.95. The molecule has 2 amide bonds. The molecule has 2 N–H and O–H groups in total. The van der Waals surface area contributed by atoms with Crippen molar-refractivity contribution in [1.82, 2.24) is 9.97 Å². The molecule has 1 aromatic carbocycles. The van der Waals surface area contributed by atoms with E-state index in [1.807, 2.05) is 0 Å². The van der Waals surface area contributed by atoms with Gasteiger partial charge in [-0.15, -0.1) is 0 Å². The van der Waals surface area contributed by atoms with Crippen molar-refractivity contribution in [3.05, 3.63) is 42.5 Å². The molecule has 3 rings (SSSR count). The van der Waals surface area contributed by atoms with E-state index < -0.39 is 11.8 Å². The summed E-state index contributed by atoms with van der Waals surface area (Å²) in [6.07, 6.45) is 1.39. The summed E-state index contributed by atoms with van der Waals surface area (Å²) in [5, 5.41) is 5.15. The molecule has 0 radical (unpaired) electrons. The molecule has 0 unspecified atom stereocenters. The molecule has 23 heavy (non-hydrogen) atoms. The van der Waals surface area contributed by atoms with Gasteiger partial charge in [-0.2, -0.15) is 0 Å². The van der Waals surface area contributed by atoms with E-state index in [4.69, 9.17) is 4.74 Å². The number of aromatic nitrogens is 2. The zero-order valence-electron chi connectivity index (χ0n) is 12.3. The number of anilines is 3. The molecule has 0 atom stereocenters. The van der Waals surface area contributed by atoms with Crippen molar-refractivity contribution >= 4 is 23.4 Å².